The zero-order valence-electron chi connectivity index (χ0n) is 40.8. The van der Waals surface area contributed by atoms with Crippen LogP contribution in [0.5, 0.6) is 0 Å². The van der Waals surface area contributed by atoms with Gasteiger partial charge in [-0.15, -0.1) is 0 Å². The summed E-state index contributed by atoms with van der Waals surface area (Å²) in [6.45, 7) is 18.1. The van der Waals surface area contributed by atoms with Crippen molar-refractivity contribution >= 4 is 55.2 Å². The molecule has 5 aliphatic rings. The Morgan fingerprint density at radius 1 is 0.364 bits per heavy atom. The van der Waals surface area contributed by atoms with Gasteiger partial charge in [-0.25, -0.2) is 0 Å². The fourth-order valence-electron chi connectivity index (χ4n) is 9.31. The first-order valence-corrected chi connectivity index (χ1v) is 25.3. The Labute approximate surface area is 411 Å². The minimum atomic E-state index is -3.67. The number of hydrogen-bond donors (Lipinski definition) is 0. The molecule has 6 aromatic carbocycles. The molecule has 0 radical (unpaired) electrons. The zero-order chi connectivity index (χ0) is 44.3. The van der Waals surface area contributed by atoms with Gasteiger partial charge in [0, 0.05) is 0 Å². The van der Waals surface area contributed by atoms with Gasteiger partial charge >= 0.3 is 27.0 Å². The van der Waals surface area contributed by atoms with E-state index in [2.05, 4.69) is 189 Å². The molecule has 4 bridgehead atoms. The maximum absolute atomic E-state index is 9.67. The van der Waals surface area contributed by atoms with Crippen LogP contribution in [0.1, 0.15) is 92.4 Å². The minimum absolute atomic E-state index is 0. The second-order valence-electron chi connectivity index (χ2n) is 17.6. The normalized spacial score (nSPS) is 13.5. The van der Waals surface area contributed by atoms with Crippen molar-refractivity contribution in [1.29, 1.82) is 0 Å². The average Bonchev–Trinajstić information content (AvgIpc) is 3.15. The molecule has 0 saturated heterocycles. The summed E-state index contributed by atoms with van der Waals surface area (Å²) in [5.74, 6) is 0. The molecule has 0 fully saturated rings. The van der Waals surface area contributed by atoms with Crippen molar-refractivity contribution in [1.82, 2.24) is 0 Å². The van der Waals surface area contributed by atoms with Crippen molar-refractivity contribution < 1.29 is 37.1 Å². The van der Waals surface area contributed by atoms with Crippen LogP contribution in [0, 0.1) is 70.2 Å². The predicted molar refractivity (Wildman–Crippen MR) is 284 cm³/mol. The number of benzene rings is 6. The van der Waals surface area contributed by atoms with Gasteiger partial charge in [0.15, 0.2) is 0 Å². The Bertz CT molecular complexity index is 2180. The first-order chi connectivity index (χ1) is 29.7. The molecule has 8 heteroatoms. The molecular weight excluding hydrogens is 948 g/mol. The van der Waals surface area contributed by atoms with Crippen molar-refractivity contribution in [3.8, 4) is 0 Å². The molecule has 0 spiro atoms. The number of allylic oxidation sites excluding steroid dienone is 4. The topological polar surface area (TPSA) is 0 Å². The summed E-state index contributed by atoms with van der Waals surface area (Å²) in [7, 11) is -6.11. The van der Waals surface area contributed by atoms with Gasteiger partial charge in [-0.05, 0) is 234 Å². The summed E-state index contributed by atoms with van der Waals surface area (Å²) in [4.78, 5) is 0. The molecule has 5 aliphatic carbocycles. The molecule has 0 saturated carbocycles. The van der Waals surface area contributed by atoms with Crippen molar-refractivity contribution in [3.05, 3.63) is 215 Å². The largest absolute Gasteiger partial charge is 3.00 e. The number of hydrogen-bond acceptors (Lipinski definition) is 0. The Balaban J connectivity index is 0.000000823. The van der Waals surface area contributed by atoms with E-state index in [0.29, 0.717) is 0 Å². The van der Waals surface area contributed by atoms with Crippen LogP contribution in [0.2, 0.25) is 0 Å². The van der Waals surface area contributed by atoms with Crippen LogP contribution in [0.4, 0.5) is 12.9 Å². The predicted octanol–water partition coefficient (Wildman–Crippen LogP) is 10.5. The van der Waals surface area contributed by atoms with Gasteiger partial charge in [0.1, 0.15) is 31.8 Å². The first kappa shape index (κ1) is 58.2. The SMILES string of the molecule is C1=C\CC/C=C\CC/1.Cc1cc(C)cc([PH+](c2cc(C)cc(C)c2)c2cc3ccc2CCc2ccc(c([PH+](c4cc(C)cc(C)c4)c4cc(C)cc(C)c4)c2)CC3)c1.FB(F)F.[CH3-].[CH3-].[F-].[Rh+3]. The van der Waals surface area contributed by atoms with Crippen LogP contribution in [-0.4, -0.2) is 7.54 Å². The van der Waals surface area contributed by atoms with Crippen molar-refractivity contribution in [2.45, 2.75) is 107 Å². The van der Waals surface area contributed by atoms with Crippen LogP contribution in [0.15, 0.2) is 133 Å². The summed E-state index contributed by atoms with van der Waals surface area (Å²) >= 11 is 0. The van der Waals surface area contributed by atoms with Gasteiger partial charge in [0.25, 0.3) is 0 Å². The average molecular weight is 1020 g/mol. The summed E-state index contributed by atoms with van der Waals surface area (Å²) < 4.78 is 29.0. The van der Waals surface area contributed by atoms with Crippen LogP contribution in [0.25, 0.3) is 0 Å². The van der Waals surface area contributed by atoms with Gasteiger partial charge < -0.3 is 19.6 Å². The Morgan fingerprint density at radius 3 is 0.818 bits per heavy atom. The van der Waals surface area contributed by atoms with Gasteiger partial charge in [0.2, 0.25) is 0 Å². The van der Waals surface area contributed by atoms with E-state index in [4.69, 9.17) is 0 Å². The standard InChI is InChI=1S/C48H50P2.C8H12.2CH3.BF3.FH.Rh/c1-31-17-32(2)22-43(21-31)49(44-23-33(3)18-34(4)24-44)47-29-39-9-13-41(47)15-11-40-10-14-42(16-12-39)48(30-40)50(45-25-35(5)19-36(6)26-45)46-27-37(7)20-38(8)28-46;1-2-4-6-8-7-5-3-1;;;2-1(3)4;;/h9-10,13-14,17-30H,11-12,15-16H2,1-8H3;1-2,7-8H,3-6H2;2*1H3;;1H;/q;;2*-1;;;+3/p+1/b;2-1-,8-7-;;;;;. The van der Waals surface area contributed by atoms with Crippen LogP contribution in [-0.2, 0) is 45.2 Å². The van der Waals surface area contributed by atoms with Crippen LogP contribution >= 0.6 is 15.8 Å². The Kier molecular flexibility index (Phi) is 24.5. The first-order valence-electron chi connectivity index (χ1n) is 22.3. The number of aryl methyl sites for hydroxylation is 12. The molecule has 0 atom stereocenters. The molecule has 0 N–H and O–H groups in total. The molecule has 11 rings (SSSR count). The van der Waals surface area contributed by atoms with Crippen LogP contribution in [0.3, 0.4) is 0 Å². The van der Waals surface area contributed by atoms with Gasteiger partial charge in [0.05, 0.1) is 15.8 Å². The summed E-state index contributed by atoms with van der Waals surface area (Å²) in [5, 5.41) is 9.16. The Hall–Kier alpha value is -3.93. The maximum Gasteiger partial charge on any atom is 3.00 e. The molecule has 0 heterocycles. The summed E-state index contributed by atoms with van der Waals surface area (Å²) in [6.07, 6.45) is 18.2. The molecule has 0 aromatic heterocycles. The van der Waals surface area contributed by atoms with Crippen molar-refractivity contribution in [3.63, 3.8) is 0 Å². The third kappa shape index (κ3) is 16.7. The van der Waals surface area contributed by atoms with Crippen molar-refractivity contribution in [2.24, 2.45) is 0 Å². The van der Waals surface area contributed by atoms with Gasteiger partial charge in [-0.2, -0.15) is 0 Å². The minimum Gasteiger partial charge on any atom is -1.00 e. The van der Waals surface area contributed by atoms with E-state index in [1.807, 2.05) is 0 Å². The third-order valence-electron chi connectivity index (χ3n) is 11.6. The molecule has 350 valence electrons. The molecule has 0 aliphatic heterocycles. The smallest absolute Gasteiger partial charge is 1.00 e. The molecule has 0 nitrogen and oxygen atoms in total. The molecule has 0 unspecified atom stereocenters. The van der Waals surface area contributed by atoms with E-state index in [0.717, 1.165) is 25.7 Å². The molecule has 6 aromatic rings. The monoisotopic (exact) mass is 1020 g/mol. The molecule has 0 amide bonds. The molecule has 66 heavy (non-hydrogen) atoms. The van der Waals surface area contributed by atoms with E-state index >= 15 is 0 Å². The van der Waals surface area contributed by atoms with Crippen LogP contribution < -0.4 is 36.5 Å². The van der Waals surface area contributed by atoms with E-state index in [1.165, 1.54) is 114 Å². The fourth-order valence-corrected chi connectivity index (χ4v) is 15.9. The quantitative estimate of drug-likeness (QED) is 0.0513. The molecular formula is C58H70BF4P2Rh+2. The maximum atomic E-state index is 9.67. The summed E-state index contributed by atoms with van der Waals surface area (Å²) in [5.41, 5.74) is 16.8. The Morgan fingerprint density at radius 2 is 0.591 bits per heavy atom. The zero-order valence-corrected chi connectivity index (χ0v) is 44.4. The second kappa shape index (κ2) is 27.8. The van der Waals surface area contributed by atoms with Gasteiger partial charge in [-0.1, -0.05) is 72.8 Å². The third-order valence-corrected chi connectivity index (χ3v) is 17.1. The van der Waals surface area contributed by atoms with E-state index in [1.54, 1.807) is 10.6 Å². The summed E-state index contributed by atoms with van der Waals surface area (Å²) in [6, 6.07) is 44.1. The van der Waals surface area contributed by atoms with E-state index in [9.17, 15) is 12.9 Å². The second-order valence-corrected chi connectivity index (χ2v) is 22.5. The number of halogens is 4. The fraction of sp³-hybridized carbons (Fsp3) is 0.276. The number of rotatable bonds is 6. The van der Waals surface area contributed by atoms with Crippen molar-refractivity contribution in [2.75, 3.05) is 0 Å². The van der Waals surface area contributed by atoms with Gasteiger partial charge in [-0.3, -0.25) is 12.9 Å². The van der Waals surface area contributed by atoms with E-state index < -0.39 is 23.4 Å². The van der Waals surface area contributed by atoms with E-state index in [-0.39, 0.29) is 39.0 Å².